The highest BCUT2D eigenvalue weighted by Gasteiger charge is 2.41. The lowest BCUT2D eigenvalue weighted by molar-refractivity contribution is -0.181. The molecule has 0 saturated carbocycles. The van der Waals surface area contributed by atoms with E-state index < -0.39 is 5.79 Å². The summed E-state index contributed by atoms with van der Waals surface area (Å²) in [5.41, 5.74) is 1.55. The van der Waals surface area contributed by atoms with Gasteiger partial charge in [-0.05, 0) is 31.2 Å². The van der Waals surface area contributed by atoms with E-state index in [-0.39, 0.29) is 17.5 Å². The maximum atomic E-state index is 13.0. The number of hydrogen-bond donors (Lipinski definition) is 0. The normalized spacial score (nSPS) is 18.0. The number of carbonyl (C=O) groups excluding carboxylic acids is 2. The number of ether oxygens (including phenoxy) is 2. The Hall–Kier alpha value is -2.77. The van der Waals surface area contributed by atoms with E-state index in [1.165, 1.54) is 6.20 Å². The monoisotopic (exact) mass is 395 g/mol. The van der Waals surface area contributed by atoms with Crippen LogP contribution in [0.4, 0.5) is 5.69 Å². The molecule has 0 N–H and O–H groups in total. The highest BCUT2D eigenvalue weighted by Crippen LogP contribution is 2.31. The molecule has 1 aromatic heterocycles. The van der Waals surface area contributed by atoms with Crippen molar-refractivity contribution >= 4 is 17.5 Å². The summed E-state index contributed by atoms with van der Waals surface area (Å²) < 4.78 is 11.4. The number of nitrogens with zero attached hydrogens (tertiary/aromatic N) is 3. The van der Waals surface area contributed by atoms with E-state index >= 15 is 0 Å². The first-order valence-corrected chi connectivity index (χ1v) is 10.0. The number of amides is 2. The topological polar surface area (TPSA) is 72.0 Å². The fraction of sp³-hybridized carbons (Fsp3) is 0.409. The fourth-order valence-corrected chi connectivity index (χ4v) is 3.89. The minimum Gasteiger partial charge on any atom is -0.347 e. The Morgan fingerprint density at radius 3 is 2.45 bits per heavy atom. The van der Waals surface area contributed by atoms with Crippen molar-refractivity contribution in [2.75, 3.05) is 37.7 Å². The molecule has 0 bridgehead atoms. The third-order valence-corrected chi connectivity index (χ3v) is 5.48. The number of pyridine rings is 1. The van der Waals surface area contributed by atoms with Crippen molar-refractivity contribution in [1.29, 1.82) is 0 Å². The van der Waals surface area contributed by atoms with Crippen LogP contribution in [0.15, 0.2) is 48.7 Å². The summed E-state index contributed by atoms with van der Waals surface area (Å²) in [6, 6.07) is 12.7. The average Bonchev–Trinajstić information content (AvgIpc) is 3.23. The zero-order valence-corrected chi connectivity index (χ0v) is 16.5. The number of rotatable bonds is 4. The molecule has 2 amide bonds. The lowest BCUT2D eigenvalue weighted by Gasteiger charge is -2.37. The van der Waals surface area contributed by atoms with Crippen LogP contribution in [0.5, 0.6) is 0 Å². The molecular formula is C22H25N3O4. The number of carbonyl (C=O) groups is 2. The number of benzene rings is 1. The molecule has 4 rings (SSSR count). The molecule has 2 aromatic rings. The average molecular weight is 395 g/mol. The van der Waals surface area contributed by atoms with Crippen molar-refractivity contribution in [2.45, 2.75) is 25.6 Å². The van der Waals surface area contributed by atoms with Crippen LogP contribution in [-0.2, 0) is 9.47 Å². The third-order valence-electron chi connectivity index (χ3n) is 5.48. The second-order valence-corrected chi connectivity index (χ2v) is 7.21. The van der Waals surface area contributed by atoms with E-state index in [4.69, 9.17) is 9.47 Å². The number of likely N-dealkylation sites (tertiary alicyclic amines) is 1. The van der Waals surface area contributed by atoms with Gasteiger partial charge in [-0.25, -0.2) is 0 Å². The number of hydrogen-bond acceptors (Lipinski definition) is 5. The van der Waals surface area contributed by atoms with Gasteiger partial charge in [0.15, 0.2) is 5.79 Å². The summed E-state index contributed by atoms with van der Waals surface area (Å²) in [5.74, 6) is -0.852. The lowest BCUT2D eigenvalue weighted by atomic mass is 10.0. The van der Waals surface area contributed by atoms with E-state index in [1.54, 1.807) is 21.9 Å². The molecule has 7 heteroatoms. The largest absolute Gasteiger partial charge is 0.347 e. The molecule has 0 radical (unpaired) electrons. The first kappa shape index (κ1) is 19.5. The van der Waals surface area contributed by atoms with Gasteiger partial charge in [-0.3, -0.25) is 14.6 Å². The van der Waals surface area contributed by atoms with Gasteiger partial charge in [-0.1, -0.05) is 18.2 Å². The van der Waals surface area contributed by atoms with Crippen LogP contribution in [0.2, 0.25) is 0 Å². The maximum absolute atomic E-state index is 13.0. The van der Waals surface area contributed by atoms with Gasteiger partial charge in [-0.15, -0.1) is 0 Å². The van der Waals surface area contributed by atoms with E-state index in [1.807, 2.05) is 37.3 Å². The maximum Gasteiger partial charge on any atom is 0.272 e. The molecular weight excluding hydrogens is 370 g/mol. The zero-order chi connectivity index (χ0) is 20.3. The summed E-state index contributed by atoms with van der Waals surface area (Å²) in [4.78, 5) is 33.6. The van der Waals surface area contributed by atoms with Gasteiger partial charge in [0.25, 0.3) is 11.8 Å². The number of aromatic nitrogens is 1. The van der Waals surface area contributed by atoms with Gasteiger partial charge in [-0.2, -0.15) is 0 Å². The molecule has 152 valence electrons. The van der Waals surface area contributed by atoms with Gasteiger partial charge in [0.05, 0.1) is 13.2 Å². The van der Waals surface area contributed by atoms with Gasteiger partial charge in [0.1, 0.15) is 5.69 Å². The van der Waals surface area contributed by atoms with Crippen LogP contribution >= 0.6 is 0 Å². The van der Waals surface area contributed by atoms with Crippen molar-refractivity contribution in [3.05, 3.63) is 59.9 Å². The van der Waals surface area contributed by atoms with Crippen LogP contribution in [0.25, 0.3) is 0 Å². The Morgan fingerprint density at radius 2 is 1.79 bits per heavy atom. The Kier molecular flexibility index (Phi) is 5.60. The predicted octanol–water partition coefficient (Wildman–Crippen LogP) is 2.73. The smallest absolute Gasteiger partial charge is 0.272 e. The van der Waals surface area contributed by atoms with Crippen LogP contribution in [0, 0.1) is 0 Å². The Balaban J connectivity index is 1.48. The van der Waals surface area contributed by atoms with Crippen LogP contribution in [0.3, 0.4) is 0 Å². The predicted molar refractivity (Wildman–Crippen MR) is 108 cm³/mol. The molecule has 2 aliphatic heterocycles. The van der Waals surface area contributed by atoms with E-state index in [9.17, 15) is 9.59 Å². The van der Waals surface area contributed by atoms with Crippen LogP contribution in [0.1, 0.15) is 40.6 Å². The zero-order valence-electron chi connectivity index (χ0n) is 16.5. The Bertz CT molecular complexity index is 871. The highest BCUT2D eigenvalue weighted by molar-refractivity contribution is 6.07. The fourth-order valence-electron chi connectivity index (χ4n) is 3.89. The molecule has 2 fully saturated rings. The van der Waals surface area contributed by atoms with Gasteiger partial charge in [0, 0.05) is 49.9 Å². The summed E-state index contributed by atoms with van der Waals surface area (Å²) in [6.45, 7) is 4.76. The van der Waals surface area contributed by atoms with Crippen LogP contribution in [-0.4, -0.2) is 60.3 Å². The first-order valence-electron chi connectivity index (χ1n) is 10.0. The minimum atomic E-state index is -0.528. The van der Waals surface area contributed by atoms with Crippen molar-refractivity contribution in [3.63, 3.8) is 0 Å². The standard InChI is InChI=1S/C22H25N3O4/c1-2-25(18-6-4-3-5-7-18)20(26)17-8-11-23-19(16-17)21(27)24-12-9-22(10-13-24)28-14-15-29-22/h3-8,11,16H,2,9-10,12-15H2,1H3. The van der Waals surface area contributed by atoms with Crippen LogP contribution < -0.4 is 4.90 Å². The van der Waals surface area contributed by atoms with Crippen molar-refractivity contribution in [2.24, 2.45) is 0 Å². The quantitative estimate of drug-likeness (QED) is 0.796. The van der Waals surface area contributed by atoms with E-state index in [0.29, 0.717) is 51.3 Å². The second-order valence-electron chi connectivity index (χ2n) is 7.21. The summed E-state index contributed by atoms with van der Waals surface area (Å²) in [7, 11) is 0. The number of para-hydroxylation sites is 1. The highest BCUT2D eigenvalue weighted by atomic mass is 16.7. The Labute approximate surface area is 170 Å². The molecule has 0 atom stereocenters. The van der Waals surface area contributed by atoms with Crippen molar-refractivity contribution in [1.82, 2.24) is 9.88 Å². The van der Waals surface area contributed by atoms with Gasteiger partial charge >= 0.3 is 0 Å². The van der Waals surface area contributed by atoms with Crippen molar-refractivity contribution in [3.8, 4) is 0 Å². The van der Waals surface area contributed by atoms with E-state index in [2.05, 4.69) is 4.98 Å². The molecule has 29 heavy (non-hydrogen) atoms. The van der Waals surface area contributed by atoms with Gasteiger partial charge < -0.3 is 19.3 Å². The minimum absolute atomic E-state index is 0.152. The first-order chi connectivity index (χ1) is 14.1. The molecule has 0 aliphatic carbocycles. The summed E-state index contributed by atoms with van der Waals surface area (Å²) in [6.07, 6.45) is 2.82. The second kappa shape index (κ2) is 8.31. The third kappa shape index (κ3) is 4.02. The molecule has 3 heterocycles. The molecule has 7 nitrogen and oxygen atoms in total. The molecule has 1 aromatic carbocycles. The number of anilines is 1. The summed E-state index contributed by atoms with van der Waals surface area (Å²) >= 11 is 0. The summed E-state index contributed by atoms with van der Waals surface area (Å²) in [5, 5.41) is 0. The molecule has 0 unspecified atom stereocenters. The van der Waals surface area contributed by atoms with E-state index in [0.717, 1.165) is 5.69 Å². The molecule has 1 spiro atoms. The molecule has 2 aliphatic rings. The molecule has 2 saturated heterocycles. The Morgan fingerprint density at radius 1 is 1.10 bits per heavy atom. The SMILES string of the molecule is CCN(C(=O)c1ccnc(C(=O)N2CCC3(CC2)OCCO3)c1)c1ccccc1. The van der Waals surface area contributed by atoms with Crippen molar-refractivity contribution < 1.29 is 19.1 Å². The lowest BCUT2D eigenvalue weighted by Crippen LogP contribution is -2.47. The number of piperidine rings is 1. The van der Waals surface area contributed by atoms with Gasteiger partial charge in [0.2, 0.25) is 0 Å².